The van der Waals surface area contributed by atoms with Crippen LogP contribution in [0.15, 0.2) is 23.3 Å². The SMILES string of the molecule is CCCOc1ccc(CN=C(NCC)NCC(C)(C)OC)cn1.I. The lowest BCUT2D eigenvalue weighted by molar-refractivity contribution is 0.0268. The van der Waals surface area contributed by atoms with Gasteiger partial charge in [0, 0.05) is 32.5 Å². The zero-order chi connectivity index (χ0) is 17.1. The van der Waals surface area contributed by atoms with E-state index in [1.807, 2.05) is 32.9 Å². The van der Waals surface area contributed by atoms with Gasteiger partial charge in [0.1, 0.15) is 0 Å². The van der Waals surface area contributed by atoms with E-state index in [9.17, 15) is 0 Å². The Morgan fingerprint density at radius 2 is 2.00 bits per heavy atom. The summed E-state index contributed by atoms with van der Waals surface area (Å²) in [4.78, 5) is 8.86. The number of rotatable bonds is 9. The molecule has 2 N–H and O–H groups in total. The average molecular weight is 450 g/mol. The lowest BCUT2D eigenvalue weighted by Crippen LogP contribution is -2.45. The van der Waals surface area contributed by atoms with Crippen LogP contribution in [0.3, 0.4) is 0 Å². The number of nitrogens with one attached hydrogen (secondary N) is 2. The largest absolute Gasteiger partial charge is 0.478 e. The molecule has 0 radical (unpaired) electrons. The fraction of sp³-hybridized carbons (Fsp3) is 0.647. The molecule has 0 aliphatic heterocycles. The second-order valence-electron chi connectivity index (χ2n) is 5.87. The first-order chi connectivity index (χ1) is 11.0. The van der Waals surface area contributed by atoms with E-state index in [4.69, 9.17) is 9.47 Å². The van der Waals surface area contributed by atoms with Crippen LogP contribution in [0.25, 0.3) is 0 Å². The number of halogens is 1. The van der Waals surface area contributed by atoms with Gasteiger partial charge < -0.3 is 20.1 Å². The second-order valence-corrected chi connectivity index (χ2v) is 5.87. The van der Waals surface area contributed by atoms with Crippen LogP contribution in [-0.4, -0.2) is 43.4 Å². The van der Waals surface area contributed by atoms with Crippen molar-refractivity contribution < 1.29 is 9.47 Å². The number of guanidine groups is 1. The molecule has 0 aliphatic carbocycles. The first-order valence-electron chi connectivity index (χ1n) is 8.15. The molecule has 0 atom stereocenters. The van der Waals surface area contributed by atoms with Crippen molar-refractivity contribution in [2.45, 2.75) is 46.3 Å². The number of aliphatic imine (C=N–C) groups is 1. The molecule has 1 heterocycles. The summed E-state index contributed by atoms with van der Waals surface area (Å²) in [5, 5.41) is 6.52. The third-order valence-electron chi connectivity index (χ3n) is 3.25. The van der Waals surface area contributed by atoms with Crippen molar-refractivity contribution in [2.75, 3.05) is 26.8 Å². The van der Waals surface area contributed by atoms with E-state index in [2.05, 4.69) is 27.5 Å². The topological polar surface area (TPSA) is 67.8 Å². The molecule has 0 bridgehead atoms. The van der Waals surface area contributed by atoms with Crippen LogP contribution in [0.2, 0.25) is 0 Å². The first kappa shape index (κ1) is 22.9. The molecule has 0 saturated carbocycles. The van der Waals surface area contributed by atoms with Gasteiger partial charge in [0.25, 0.3) is 0 Å². The predicted molar refractivity (Wildman–Crippen MR) is 109 cm³/mol. The number of hydrogen-bond acceptors (Lipinski definition) is 4. The van der Waals surface area contributed by atoms with Gasteiger partial charge in [-0.1, -0.05) is 13.0 Å². The van der Waals surface area contributed by atoms with Crippen LogP contribution in [-0.2, 0) is 11.3 Å². The minimum atomic E-state index is -0.240. The zero-order valence-electron chi connectivity index (χ0n) is 15.4. The highest BCUT2D eigenvalue weighted by Gasteiger charge is 2.16. The molecule has 0 saturated heterocycles. The quantitative estimate of drug-likeness (QED) is 0.344. The highest BCUT2D eigenvalue weighted by atomic mass is 127. The molecule has 0 spiro atoms. The lowest BCUT2D eigenvalue weighted by Gasteiger charge is -2.24. The molecular formula is C17H31IN4O2. The fourth-order valence-corrected chi connectivity index (χ4v) is 1.68. The maximum atomic E-state index is 5.48. The smallest absolute Gasteiger partial charge is 0.213 e. The van der Waals surface area contributed by atoms with Crippen molar-refractivity contribution >= 4 is 29.9 Å². The Labute approximate surface area is 162 Å². The first-order valence-corrected chi connectivity index (χ1v) is 8.15. The van der Waals surface area contributed by atoms with E-state index in [1.54, 1.807) is 13.3 Å². The number of aromatic nitrogens is 1. The Bertz CT molecular complexity index is 478. The Morgan fingerprint density at radius 3 is 2.54 bits per heavy atom. The van der Waals surface area contributed by atoms with Gasteiger partial charge in [0.15, 0.2) is 5.96 Å². The van der Waals surface area contributed by atoms with Crippen LogP contribution in [0.5, 0.6) is 5.88 Å². The lowest BCUT2D eigenvalue weighted by atomic mass is 10.1. The highest BCUT2D eigenvalue weighted by Crippen LogP contribution is 2.09. The third-order valence-corrected chi connectivity index (χ3v) is 3.25. The summed E-state index contributed by atoms with van der Waals surface area (Å²) in [5.74, 6) is 1.43. The monoisotopic (exact) mass is 450 g/mol. The maximum Gasteiger partial charge on any atom is 0.213 e. The number of nitrogens with zero attached hydrogens (tertiary/aromatic N) is 2. The molecule has 0 amide bonds. The summed E-state index contributed by atoms with van der Waals surface area (Å²) in [6, 6.07) is 3.87. The Morgan fingerprint density at radius 1 is 1.25 bits per heavy atom. The number of pyridine rings is 1. The normalized spacial score (nSPS) is 11.6. The van der Waals surface area contributed by atoms with Gasteiger partial charge in [-0.05, 0) is 32.8 Å². The van der Waals surface area contributed by atoms with Crippen LogP contribution >= 0.6 is 24.0 Å². The van der Waals surface area contributed by atoms with Crippen LogP contribution in [0, 0.1) is 0 Å². The molecule has 0 unspecified atom stereocenters. The predicted octanol–water partition coefficient (Wildman–Crippen LogP) is 2.97. The summed E-state index contributed by atoms with van der Waals surface area (Å²) in [5.41, 5.74) is 0.799. The van der Waals surface area contributed by atoms with E-state index >= 15 is 0 Å². The number of ether oxygens (including phenoxy) is 2. The summed E-state index contributed by atoms with van der Waals surface area (Å²) < 4.78 is 10.9. The summed E-state index contributed by atoms with van der Waals surface area (Å²) >= 11 is 0. The zero-order valence-corrected chi connectivity index (χ0v) is 17.7. The van der Waals surface area contributed by atoms with Crippen LogP contribution in [0.4, 0.5) is 0 Å². The van der Waals surface area contributed by atoms with Gasteiger partial charge in [-0.3, -0.25) is 0 Å². The minimum absolute atomic E-state index is 0. The molecule has 1 aromatic heterocycles. The maximum absolute atomic E-state index is 5.48. The van der Waals surface area contributed by atoms with Gasteiger partial charge in [-0.2, -0.15) is 0 Å². The average Bonchev–Trinajstić information content (AvgIpc) is 2.56. The van der Waals surface area contributed by atoms with Crippen molar-refractivity contribution in [3.63, 3.8) is 0 Å². The van der Waals surface area contributed by atoms with Crippen molar-refractivity contribution in [3.05, 3.63) is 23.9 Å². The summed E-state index contributed by atoms with van der Waals surface area (Å²) in [6.07, 6.45) is 2.78. The highest BCUT2D eigenvalue weighted by molar-refractivity contribution is 14.0. The molecule has 0 aliphatic rings. The van der Waals surface area contributed by atoms with E-state index in [-0.39, 0.29) is 29.6 Å². The van der Waals surface area contributed by atoms with Crippen LogP contribution < -0.4 is 15.4 Å². The Hall–Kier alpha value is -1.09. The van der Waals surface area contributed by atoms with Crippen LogP contribution in [0.1, 0.15) is 39.7 Å². The molecule has 138 valence electrons. The van der Waals surface area contributed by atoms with Crippen molar-refractivity contribution in [2.24, 2.45) is 4.99 Å². The Balaban J connectivity index is 0.00000529. The molecule has 24 heavy (non-hydrogen) atoms. The molecule has 6 nitrogen and oxygen atoms in total. The Kier molecular flexibility index (Phi) is 11.7. The van der Waals surface area contributed by atoms with Gasteiger partial charge in [-0.25, -0.2) is 9.98 Å². The van der Waals surface area contributed by atoms with Crippen molar-refractivity contribution in [1.82, 2.24) is 15.6 Å². The van der Waals surface area contributed by atoms with Crippen molar-refractivity contribution in [3.8, 4) is 5.88 Å². The van der Waals surface area contributed by atoms with Gasteiger partial charge in [-0.15, -0.1) is 24.0 Å². The van der Waals surface area contributed by atoms with E-state index in [0.717, 1.165) is 24.5 Å². The summed E-state index contributed by atoms with van der Waals surface area (Å²) in [7, 11) is 1.71. The van der Waals surface area contributed by atoms with Gasteiger partial charge in [0.05, 0.1) is 18.8 Å². The van der Waals surface area contributed by atoms with Gasteiger partial charge in [0.2, 0.25) is 5.88 Å². The third kappa shape index (κ3) is 9.27. The standard InChI is InChI=1S/C17H30N4O2.HI/c1-6-10-23-15-9-8-14(11-19-15)12-20-16(18-7-2)21-13-17(3,4)22-5;/h8-9,11H,6-7,10,12-13H2,1-5H3,(H2,18,20,21);1H. The molecule has 1 rings (SSSR count). The van der Waals surface area contributed by atoms with E-state index in [1.165, 1.54) is 0 Å². The molecule has 0 fully saturated rings. The number of hydrogen-bond donors (Lipinski definition) is 2. The molecule has 7 heteroatoms. The minimum Gasteiger partial charge on any atom is -0.478 e. The summed E-state index contributed by atoms with van der Waals surface area (Å²) in [6.45, 7) is 10.9. The number of methoxy groups -OCH3 is 1. The van der Waals surface area contributed by atoms with E-state index in [0.29, 0.717) is 25.6 Å². The van der Waals surface area contributed by atoms with Gasteiger partial charge >= 0.3 is 0 Å². The fourth-order valence-electron chi connectivity index (χ4n) is 1.68. The molecule has 1 aromatic rings. The second kappa shape index (κ2) is 12.3. The van der Waals surface area contributed by atoms with E-state index < -0.39 is 0 Å². The molecule has 0 aromatic carbocycles. The molecular weight excluding hydrogens is 419 g/mol. The van der Waals surface area contributed by atoms with Crippen molar-refractivity contribution in [1.29, 1.82) is 0 Å².